The molecule has 0 aliphatic carbocycles. The van der Waals surface area contributed by atoms with Crippen molar-refractivity contribution in [2.75, 3.05) is 32.7 Å². The van der Waals surface area contributed by atoms with Gasteiger partial charge in [-0.2, -0.15) is 0 Å². The highest BCUT2D eigenvalue weighted by atomic mass is 19.1. The highest BCUT2D eigenvalue weighted by molar-refractivity contribution is 5.84. The van der Waals surface area contributed by atoms with Gasteiger partial charge < -0.3 is 15.2 Å². The lowest BCUT2D eigenvalue weighted by Gasteiger charge is -2.26. The van der Waals surface area contributed by atoms with Gasteiger partial charge >= 0.3 is 0 Å². The largest absolute Gasteiger partial charge is 0.356 e. The molecule has 0 amide bonds. The summed E-state index contributed by atoms with van der Waals surface area (Å²) in [6.07, 6.45) is 0.958. The Morgan fingerprint density at radius 3 is 2.79 bits per heavy atom. The number of rotatable bonds is 3. The molecule has 1 saturated heterocycles. The first kappa shape index (κ1) is 12.6. The molecule has 2 aromatic rings. The molecule has 0 atom stereocenters. The second-order valence-electron chi connectivity index (χ2n) is 5.23. The zero-order chi connectivity index (χ0) is 13.2. The van der Waals surface area contributed by atoms with Gasteiger partial charge in [-0.1, -0.05) is 12.1 Å². The number of hydrogen-bond acceptors (Lipinski definition) is 2. The maximum Gasteiger partial charge on any atom is 0.147 e. The Labute approximate surface area is 112 Å². The average Bonchev–Trinajstić information content (AvgIpc) is 2.77. The van der Waals surface area contributed by atoms with Crippen LogP contribution in [-0.4, -0.2) is 42.6 Å². The third kappa shape index (κ3) is 2.51. The molecular weight excluding hydrogens is 241 g/mol. The SMILES string of the molecule is Cc1c(CCN2CCNCC2)[nH]c2c(F)cccc12. The zero-order valence-electron chi connectivity index (χ0n) is 11.3. The topological polar surface area (TPSA) is 31.1 Å². The van der Waals surface area contributed by atoms with E-state index in [0.29, 0.717) is 5.52 Å². The quantitative estimate of drug-likeness (QED) is 0.886. The van der Waals surface area contributed by atoms with Crippen LogP contribution in [0.2, 0.25) is 0 Å². The molecule has 0 bridgehead atoms. The molecule has 1 aliphatic heterocycles. The zero-order valence-corrected chi connectivity index (χ0v) is 11.3. The maximum atomic E-state index is 13.7. The molecule has 0 radical (unpaired) electrons. The van der Waals surface area contributed by atoms with Crippen LogP contribution in [0.15, 0.2) is 18.2 Å². The number of nitrogens with zero attached hydrogens (tertiary/aromatic N) is 1. The minimum atomic E-state index is -0.158. The Morgan fingerprint density at radius 2 is 2.05 bits per heavy atom. The van der Waals surface area contributed by atoms with Crippen LogP contribution in [-0.2, 0) is 6.42 Å². The molecule has 1 aliphatic rings. The Hall–Kier alpha value is -1.39. The Morgan fingerprint density at radius 1 is 1.26 bits per heavy atom. The number of hydrogen-bond donors (Lipinski definition) is 2. The van der Waals surface area contributed by atoms with Crippen LogP contribution < -0.4 is 5.32 Å². The summed E-state index contributed by atoms with van der Waals surface area (Å²) in [5.74, 6) is -0.158. The summed E-state index contributed by atoms with van der Waals surface area (Å²) < 4.78 is 13.7. The van der Waals surface area contributed by atoms with Crippen LogP contribution in [0.5, 0.6) is 0 Å². The summed E-state index contributed by atoms with van der Waals surface area (Å²) in [4.78, 5) is 5.71. The van der Waals surface area contributed by atoms with Crippen molar-refractivity contribution in [2.45, 2.75) is 13.3 Å². The van der Waals surface area contributed by atoms with Gasteiger partial charge in [0.05, 0.1) is 5.52 Å². The molecule has 0 saturated carbocycles. The van der Waals surface area contributed by atoms with Crippen LogP contribution in [0.25, 0.3) is 10.9 Å². The van der Waals surface area contributed by atoms with E-state index in [1.807, 2.05) is 6.07 Å². The summed E-state index contributed by atoms with van der Waals surface area (Å²) in [5, 5.41) is 4.36. The normalized spacial score (nSPS) is 17.2. The van der Waals surface area contributed by atoms with Crippen LogP contribution in [0.1, 0.15) is 11.3 Å². The van der Waals surface area contributed by atoms with E-state index in [9.17, 15) is 4.39 Å². The highest BCUT2D eigenvalue weighted by Crippen LogP contribution is 2.24. The third-order valence-corrected chi connectivity index (χ3v) is 4.03. The molecule has 1 fully saturated rings. The fraction of sp³-hybridized carbons (Fsp3) is 0.467. The predicted octanol–water partition coefficient (Wildman–Crippen LogP) is 2.06. The Kier molecular flexibility index (Phi) is 3.53. The summed E-state index contributed by atoms with van der Waals surface area (Å²) in [5.41, 5.74) is 3.00. The molecule has 0 spiro atoms. The second-order valence-corrected chi connectivity index (χ2v) is 5.23. The molecule has 19 heavy (non-hydrogen) atoms. The van der Waals surface area contributed by atoms with E-state index in [-0.39, 0.29) is 5.82 Å². The maximum absolute atomic E-state index is 13.7. The number of H-pyrrole nitrogens is 1. The van der Waals surface area contributed by atoms with Crippen molar-refractivity contribution in [3.8, 4) is 0 Å². The summed E-state index contributed by atoms with van der Waals surface area (Å²) in [7, 11) is 0. The van der Waals surface area contributed by atoms with Gasteiger partial charge in [0.1, 0.15) is 5.82 Å². The van der Waals surface area contributed by atoms with Crippen molar-refractivity contribution in [1.29, 1.82) is 0 Å². The van der Waals surface area contributed by atoms with Gasteiger partial charge in [0.15, 0.2) is 0 Å². The number of aryl methyl sites for hydroxylation is 1. The number of fused-ring (bicyclic) bond motifs is 1. The van der Waals surface area contributed by atoms with Gasteiger partial charge in [-0.05, 0) is 18.6 Å². The number of piperazine rings is 1. The van der Waals surface area contributed by atoms with Crippen LogP contribution in [0, 0.1) is 12.7 Å². The number of benzene rings is 1. The standard InChI is InChI=1S/C15H20FN3/c1-11-12-3-2-4-13(16)15(12)18-14(11)5-8-19-9-6-17-7-10-19/h2-4,17-18H,5-10H2,1H3. The summed E-state index contributed by atoms with van der Waals surface area (Å²) in [6, 6.07) is 5.27. The summed E-state index contributed by atoms with van der Waals surface area (Å²) in [6.45, 7) is 7.46. The van der Waals surface area contributed by atoms with E-state index < -0.39 is 0 Å². The number of halogens is 1. The van der Waals surface area contributed by atoms with Crippen LogP contribution in [0.3, 0.4) is 0 Å². The van der Waals surface area contributed by atoms with Crippen molar-refractivity contribution in [2.24, 2.45) is 0 Å². The van der Waals surface area contributed by atoms with Gasteiger partial charge in [0, 0.05) is 50.2 Å². The molecule has 1 aromatic heterocycles. The van der Waals surface area contributed by atoms with Gasteiger partial charge in [0.2, 0.25) is 0 Å². The minimum absolute atomic E-state index is 0.158. The predicted molar refractivity (Wildman–Crippen MR) is 76.0 cm³/mol. The highest BCUT2D eigenvalue weighted by Gasteiger charge is 2.13. The van der Waals surface area contributed by atoms with Crippen molar-refractivity contribution in [1.82, 2.24) is 15.2 Å². The van der Waals surface area contributed by atoms with Gasteiger partial charge in [0.25, 0.3) is 0 Å². The molecule has 1 aromatic carbocycles. The lowest BCUT2D eigenvalue weighted by Crippen LogP contribution is -2.44. The van der Waals surface area contributed by atoms with Gasteiger partial charge in [-0.15, -0.1) is 0 Å². The van der Waals surface area contributed by atoms with Gasteiger partial charge in [-0.25, -0.2) is 4.39 Å². The molecule has 2 N–H and O–H groups in total. The monoisotopic (exact) mass is 261 g/mol. The van der Waals surface area contributed by atoms with Crippen molar-refractivity contribution < 1.29 is 4.39 Å². The van der Waals surface area contributed by atoms with Crippen LogP contribution in [0.4, 0.5) is 4.39 Å². The van der Waals surface area contributed by atoms with Crippen molar-refractivity contribution in [3.63, 3.8) is 0 Å². The molecular formula is C15H20FN3. The van der Waals surface area contributed by atoms with Crippen molar-refractivity contribution >= 4 is 10.9 Å². The van der Waals surface area contributed by atoms with E-state index in [1.54, 1.807) is 6.07 Å². The first-order valence-electron chi connectivity index (χ1n) is 6.94. The number of nitrogens with one attached hydrogen (secondary N) is 2. The first-order valence-corrected chi connectivity index (χ1v) is 6.94. The van der Waals surface area contributed by atoms with E-state index in [0.717, 1.165) is 44.5 Å². The molecule has 3 nitrogen and oxygen atoms in total. The van der Waals surface area contributed by atoms with Crippen molar-refractivity contribution in [3.05, 3.63) is 35.3 Å². The van der Waals surface area contributed by atoms with Gasteiger partial charge in [-0.3, -0.25) is 0 Å². The Balaban J connectivity index is 1.77. The van der Waals surface area contributed by atoms with E-state index in [1.165, 1.54) is 17.3 Å². The lowest BCUT2D eigenvalue weighted by molar-refractivity contribution is 0.243. The van der Waals surface area contributed by atoms with E-state index >= 15 is 0 Å². The molecule has 102 valence electrons. The summed E-state index contributed by atoms with van der Waals surface area (Å²) >= 11 is 0. The van der Waals surface area contributed by atoms with Crippen LogP contribution >= 0.6 is 0 Å². The first-order chi connectivity index (χ1) is 9.25. The fourth-order valence-electron chi connectivity index (χ4n) is 2.83. The minimum Gasteiger partial charge on any atom is -0.356 e. The molecule has 4 heteroatoms. The fourth-order valence-corrected chi connectivity index (χ4v) is 2.83. The lowest BCUT2D eigenvalue weighted by atomic mass is 10.1. The third-order valence-electron chi connectivity index (χ3n) is 4.03. The number of aromatic nitrogens is 1. The molecule has 3 rings (SSSR count). The second kappa shape index (κ2) is 5.31. The average molecular weight is 261 g/mol. The smallest absolute Gasteiger partial charge is 0.147 e. The molecule has 0 unspecified atom stereocenters. The van der Waals surface area contributed by atoms with E-state index in [4.69, 9.17) is 0 Å². The number of para-hydroxylation sites is 1. The number of aromatic amines is 1. The van der Waals surface area contributed by atoms with E-state index in [2.05, 4.69) is 22.1 Å². The Bertz CT molecular complexity index is 570. The molecule has 2 heterocycles.